The van der Waals surface area contributed by atoms with Crippen LogP contribution >= 0.6 is 0 Å². The Morgan fingerprint density at radius 2 is 1.69 bits per heavy atom. The van der Waals surface area contributed by atoms with Crippen LogP contribution in [0.1, 0.15) is 44.2 Å². The normalized spacial score (nSPS) is 14.3. The van der Waals surface area contributed by atoms with Gasteiger partial charge in [0.25, 0.3) is 0 Å². The first kappa shape index (κ1) is 28.6. The second-order valence-corrected chi connectivity index (χ2v) is 10.7. The van der Waals surface area contributed by atoms with Crippen molar-refractivity contribution in [2.75, 3.05) is 13.1 Å². The van der Waals surface area contributed by atoms with Crippen molar-refractivity contribution in [2.24, 2.45) is 0 Å². The van der Waals surface area contributed by atoms with Gasteiger partial charge in [-0.15, -0.1) is 0 Å². The lowest BCUT2D eigenvalue weighted by Crippen LogP contribution is -2.51. The van der Waals surface area contributed by atoms with Crippen LogP contribution in [0.5, 0.6) is 0 Å². The number of nitrogens with one attached hydrogen (secondary N) is 1. The molecule has 0 fully saturated rings. The third-order valence-electron chi connectivity index (χ3n) is 5.62. The molecule has 192 valence electrons. The first-order valence-corrected chi connectivity index (χ1v) is 13.2. The van der Waals surface area contributed by atoms with Crippen LogP contribution < -0.4 is 5.32 Å². The molecule has 0 spiro atoms. The van der Waals surface area contributed by atoms with Gasteiger partial charge in [0.05, 0.1) is 23.1 Å². The maximum absolute atomic E-state index is 13.3. The summed E-state index contributed by atoms with van der Waals surface area (Å²) >= 11 is 0. The summed E-state index contributed by atoms with van der Waals surface area (Å²) in [5.74, 6) is -0.428. The van der Waals surface area contributed by atoms with Gasteiger partial charge in [0.1, 0.15) is 5.78 Å². The van der Waals surface area contributed by atoms with Crippen LogP contribution in [0, 0.1) is 6.92 Å². The number of Topliss-reactive ketones (excluding diaryl/α,β-unsaturated/α-hetero) is 1. The molecule has 2 aromatic rings. The molecular weight excluding hydrogens is 468 g/mol. The number of hydrogen-bond donors (Lipinski definition) is 3. The lowest BCUT2D eigenvalue weighted by atomic mass is 10.0. The molecular formula is C26H36N2O6S. The minimum absolute atomic E-state index is 0.0103. The van der Waals surface area contributed by atoms with E-state index in [1.165, 1.54) is 19.1 Å². The predicted molar refractivity (Wildman–Crippen MR) is 134 cm³/mol. The Bertz CT molecular complexity index is 1070. The number of hydrogen-bond acceptors (Lipinski definition) is 6. The quantitative estimate of drug-likeness (QED) is 0.362. The monoisotopic (exact) mass is 504 g/mol. The van der Waals surface area contributed by atoms with Gasteiger partial charge in [-0.2, -0.15) is 4.31 Å². The molecule has 0 aliphatic rings. The van der Waals surface area contributed by atoms with Crippen molar-refractivity contribution in [3.63, 3.8) is 0 Å². The van der Waals surface area contributed by atoms with Crippen molar-refractivity contribution in [1.29, 1.82) is 0 Å². The standard InChI is InChI=1S/C26H36N2O6S/c1-4-22(30)13-14-26(32)27-24(16-21-10-6-5-7-11-21)25(31)18-28(17-20(3)29)35(33,34)23-12-8-9-19(2)15-23/h5-12,15,20,24-25,29,31H,4,13-14,16-18H2,1-3H3,(H,27,32)/t20-,24+,25-/m1/s1. The number of aryl methyl sites for hydroxylation is 1. The number of benzene rings is 2. The topological polar surface area (TPSA) is 124 Å². The minimum Gasteiger partial charge on any atom is -0.392 e. The average Bonchev–Trinajstić information content (AvgIpc) is 2.82. The number of sulfonamides is 1. The van der Waals surface area contributed by atoms with Gasteiger partial charge in [0.2, 0.25) is 15.9 Å². The fraction of sp³-hybridized carbons (Fsp3) is 0.462. The molecule has 0 bridgehead atoms. The third kappa shape index (κ3) is 9.18. The molecule has 35 heavy (non-hydrogen) atoms. The van der Waals surface area contributed by atoms with E-state index in [1.54, 1.807) is 26.0 Å². The number of aliphatic hydroxyl groups excluding tert-OH is 2. The van der Waals surface area contributed by atoms with Gasteiger partial charge in [0, 0.05) is 32.4 Å². The molecule has 8 nitrogen and oxygen atoms in total. The minimum atomic E-state index is -4.02. The summed E-state index contributed by atoms with van der Waals surface area (Å²) in [5, 5.41) is 23.9. The molecule has 0 unspecified atom stereocenters. The fourth-order valence-electron chi connectivity index (χ4n) is 3.69. The summed E-state index contributed by atoms with van der Waals surface area (Å²) in [6, 6.07) is 14.8. The molecule has 3 N–H and O–H groups in total. The SMILES string of the molecule is CCC(=O)CCC(=O)N[C@@H](Cc1ccccc1)[C@H](O)CN(C[C@@H](C)O)S(=O)(=O)c1cccc(C)c1. The van der Waals surface area contributed by atoms with E-state index in [2.05, 4.69) is 5.32 Å². The van der Waals surface area contributed by atoms with E-state index < -0.39 is 34.2 Å². The number of rotatable bonds is 14. The van der Waals surface area contributed by atoms with Gasteiger partial charge >= 0.3 is 0 Å². The highest BCUT2D eigenvalue weighted by Crippen LogP contribution is 2.19. The number of ketones is 1. The average molecular weight is 505 g/mol. The molecule has 9 heteroatoms. The first-order chi connectivity index (χ1) is 16.5. The Morgan fingerprint density at radius 3 is 2.29 bits per heavy atom. The van der Waals surface area contributed by atoms with E-state index in [0.29, 0.717) is 6.42 Å². The van der Waals surface area contributed by atoms with Gasteiger partial charge < -0.3 is 15.5 Å². The lowest BCUT2D eigenvalue weighted by molar-refractivity contribution is -0.126. The van der Waals surface area contributed by atoms with Crippen molar-refractivity contribution in [2.45, 2.75) is 69.6 Å². The lowest BCUT2D eigenvalue weighted by Gasteiger charge is -2.30. The van der Waals surface area contributed by atoms with E-state index in [-0.39, 0.29) is 43.0 Å². The zero-order valence-corrected chi connectivity index (χ0v) is 21.4. The Kier molecular flexibility index (Phi) is 11.0. The zero-order chi connectivity index (χ0) is 26.0. The third-order valence-corrected chi connectivity index (χ3v) is 7.45. The molecule has 0 saturated heterocycles. The van der Waals surface area contributed by atoms with Gasteiger partial charge in [-0.3, -0.25) is 9.59 Å². The van der Waals surface area contributed by atoms with E-state index in [0.717, 1.165) is 15.4 Å². The first-order valence-electron chi connectivity index (χ1n) is 11.8. The highest BCUT2D eigenvalue weighted by molar-refractivity contribution is 7.89. The molecule has 2 aromatic carbocycles. The highest BCUT2D eigenvalue weighted by atomic mass is 32.2. The maximum atomic E-state index is 13.3. The van der Waals surface area contributed by atoms with Crippen molar-refractivity contribution in [1.82, 2.24) is 9.62 Å². The Labute approximate surface area is 208 Å². The van der Waals surface area contributed by atoms with Crippen LogP contribution in [-0.4, -0.2) is 66.0 Å². The van der Waals surface area contributed by atoms with Crippen LogP contribution in [-0.2, 0) is 26.0 Å². The molecule has 0 heterocycles. The van der Waals surface area contributed by atoms with Crippen LogP contribution in [0.2, 0.25) is 0 Å². The van der Waals surface area contributed by atoms with Crippen molar-refractivity contribution in [3.8, 4) is 0 Å². The van der Waals surface area contributed by atoms with Gasteiger partial charge in [-0.05, 0) is 43.5 Å². The second kappa shape index (κ2) is 13.5. The van der Waals surface area contributed by atoms with Crippen LogP contribution in [0.25, 0.3) is 0 Å². The molecule has 0 saturated carbocycles. The molecule has 1 amide bonds. The molecule has 3 atom stereocenters. The maximum Gasteiger partial charge on any atom is 0.243 e. The number of nitrogens with zero attached hydrogens (tertiary/aromatic N) is 1. The van der Waals surface area contributed by atoms with Gasteiger partial charge in [0.15, 0.2) is 0 Å². The van der Waals surface area contributed by atoms with E-state index in [9.17, 15) is 28.2 Å². The summed E-state index contributed by atoms with van der Waals surface area (Å²) in [7, 11) is -4.02. The summed E-state index contributed by atoms with van der Waals surface area (Å²) in [4.78, 5) is 24.2. The largest absolute Gasteiger partial charge is 0.392 e. The number of aliphatic hydroxyl groups is 2. The number of carbonyl (C=O) groups is 2. The molecule has 0 radical (unpaired) electrons. The second-order valence-electron chi connectivity index (χ2n) is 8.81. The zero-order valence-electron chi connectivity index (χ0n) is 20.6. The van der Waals surface area contributed by atoms with Gasteiger partial charge in [-0.1, -0.05) is 49.4 Å². The molecule has 2 rings (SSSR count). The number of carbonyl (C=O) groups excluding carboxylic acids is 2. The van der Waals surface area contributed by atoms with Crippen molar-refractivity contribution in [3.05, 3.63) is 65.7 Å². The van der Waals surface area contributed by atoms with Crippen molar-refractivity contribution >= 4 is 21.7 Å². The summed E-state index contributed by atoms with van der Waals surface area (Å²) in [5.41, 5.74) is 1.62. The number of amides is 1. The predicted octanol–water partition coefficient (Wildman–Crippen LogP) is 2.21. The van der Waals surface area contributed by atoms with Gasteiger partial charge in [-0.25, -0.2) is 8.42 Å². The molecule has 0 aliphatic heterocycles. The van der Waals surface area contributed by atoms with Crippen LogP contribution in [0.15, 0.2) is 59.5 Å². The Morgan fingerprint density at radius 1 is 1.00 bits per heavy atom. The Balaban J connectivity index is 2.27. The summed E-state index contributed by atoms with van der Waals surface area (Å²) in [6.45, 7) is 4.44. The van der Waals surface area contributed by atoms with Crippen molar-refractivity contribution < 1.29 is 28.2 Å². The molecule has 0 aromatic heterocycles. The summed E-state index contributed by atoms with van der Waals surface area (Å²) in [6.07, 6.45) is -1.53. The van der Waals surface area contributed by atoms with E-state index in [4.69, 9.17) is 0 Å². The molecule has 0 aliphatic carbocycles. The highest BCUT2D eigenvalue weighted by Gasteiger charge is 2.31. The van der Waals surface area contributed by atoms with E-state index in [1.807, 2.05) is 30.3 Å². The fourth-order valence-corrected chi connectivity index (χ4v) is 5.33. The van der Waals surface area contributed by atoms with E-state index >= 15 is 0 Å². The smallest absolute Gasteiger partial charge is 0.243 e. The van der Waals surface area contributed by atoms with Crippen LogP contribution in [0.3, 0.4) is 0 Å². The van der Waals surface area contributed by atoms with Crippen LogP contribution in [0.4, 0.5) is 0 Å². The summed E-state index contributed by atoms with van der Waals surface area (Å²) < 4.78 is 27.7. The Hall–Kier alpha value is -2.59.